The Morgan fingerprint density at radius 1 is 1.39 bits per heavy atom. The van der Waals surface area contributed by atoms with Gasteiger partial charge in [-0.25, -0.2) is 4.39 Å². The molecule has 1 aromatic carbocycles. The van der Waals surface area contributed by atoms with Gasteiger partial charge in [-0.05, 0) is 30.7 Å². The fraction of sp³-hybridized carbons (Fsp3) is 0.600. The summed E-state index contributed by atoms with van der Waals surface area (Å²) in [5.41, 5.74) is 6.27. The smallest absolute Gasteiger partial charge is 0.151 e. The van der Waals surface area contributed by atoms with Crippen LogP contribution in [0.2, 0.25) is 0 Å². The van der Waals surface area contributed by atoms with Crippen LogP contribution < -0.4 is 5.73 Å². The van der Waals surface area contributed by atoms with E-state index in [1.54, 1.807) is 18.2 Å². The minimum atomic E-state index is -0.338. The number of hydrogen-bond donors (Lipinski definition) is 1. The average Bonchev–Trinajstić information content (AvgIpc) is 2.35. The Balaban J connectivity index is 1.79. The molecule has 0 spiro atoms. The van der Waals surface area contributed by atoms with Crippen LogP contribution in [0.4, 0.5) is 10.1 Å². The van der Waals surface area contributed by atoms with E-state index < -0.39 is 0 Å². The van der Waals surface area contributed by atoms with E-state index in [1.807, 2.05) is 0 Å². The number of hydrogen-bond acceptors (Lipinski definition) is 2. The molecule has 3 heteroatoms. The summed E-state index contributed by atoms with van der Waals surface area (Å²) in [7, 11) is 0. The van der Waals surface area contributed by atoms with Gasteiger partial charge < -0.3 is 10.5 Å². The molecule has 1 aliphatic carbocycles. The van der Waals surface area contributed by atoms with Gasteiger partial charge in [0.15, 0.2) is 5.82 Å². The number of halogens is 1. The molecular weight excluding hydrogens is 229 g/mol. The van der Waals surface area contributed by atoms with Crippen molar-refractivity contribution in [2.75, 3.05) is 12.3 Å². The second kappa shape index (κ2) is 6.19. The molecule has 1 aromatic rings. The first-order valence-corrected chi connectivity index (χ1v) is 6.77. The van der Waals surface area contributed by atoms with E-state index in [0.717, 1.165) is 12.5 Å². The third-order valence-electron chi connectivity index (χ3n) is 3.76. The maximum absolute atomic E-state index is 13.6. The number of nitrogens with two attached hydrogens (primary N) is 1. The van der Waals surface area contributed by atoms with Gasteiger partial charge in [0.05, 0.1) is 12.3 Å². The maximum atomic E-state index is 13.6. The molecule has 18 heavy (non-hydrogen) atoms. The standard InChI is InChI=1S/C15H22FNO/c1-11-4-2-5-12(8-11)9-18-10-13-6-3-7-14(17)15(13)16/h3,6-7,11-12H,2,4-5,8-10,17H2,1H3. The summed E-state index contributed by atoms with van der Waals surface area (Å²) in [5, 5.41) is 0. The number of ether oxygens (including phenoxy) is 1. The topological polar surface area (TPSA) is 35.2 Å². The van der Waals surface area contributed by atoms with Crippen LogP contribution in [0.5, 0.6) is 0 Å². The van der Waals surface area contributed by atoms with Gasteiger partial charge in [0.1, 0.15) is 0 Å². The Kier molecular flexibility index (Phi) is 4.59. The highest BCUT2D eigenvalue weighted by atomic mass is 19.1. The van der Waals surface area contributed by atoms with E-state index in [-0.39, 0.29) is 11.5 Å². The summed E-state index contributed by atoms with van der Waals surface area (Å²) in [6, 6.07) is 5.07. The van der Waals surface area contributed by atoms with Crippen molar-refractivity contribution < 1.29 is 9.13 Å². The van der Waals surface area contributed by atoms with Crippen molar-refractivity contribution in [2.24, 2.45) is 11.8 Å². The van der Waals surface area contributed by atoms with Gasteiger partial charge in [-0.1, -0.05) is 31.9 Å². The molecular formula is C15H22FNO. The van der Waals surface area contributed by atoms with E-state index in [4.69, 9.17) is 10.5 Å². The van der Waals surface area contributed by atoms with Crippen molar-refractivity contribution in [3.05, 3.63) is 29.6 Å². The summed E-state index contributed by atoms with van der Waals surface area (Å²) in [5.74, 6) is 1.10. The zero-order chi connectivity index (χ0) is 13.0. The number of anilines is 1. The lowest BCUT2D eigenvalue weighted by Gasteiger charge is -2.26. The fourth-order valence-corrected chi connectivity index (χ4v) is 2.76. The summed E-state index contributed by atoms with van der Waals surface area (Å²) in [6.07, 6.45) is 5.10. The molecule has 0 heterocycles. The summed E-state index contributed by atoms with van der Waals surface area (Å²) in [6.45, 7) is 3.35. The Morgan fingerprint density at radius 2 is 2.22 bits per heavy atom. The Labute approximate surface area is 108 Å². The van der Waals surface area contributed by atoms with Crippen LogP contribution in [0.1, 0.15) is 38.2 Å². The maximum Gasteiger partial charge on any atom is 0.151 e. The first kappa shape index (κ1) is 13.3. The van der Waals surface area contributed by atoms with Crippen molar-refractivity contribution in [2.45, 2.75) is 39.2 Å². The quantitative estimate of drug-likeness (QED) is 0.827. The third kappa shape index (κ3) is 3.45. The first-order valence-electron chi connectivity index (χ1n) is 6.77. The molecule has 2 atom stereocenters. The molecule has 2 unspecified atom stereocenters. The molecule has 2 N–H and O–H groups in total. The van der Waals surface area contributed by atoms with E-state index in [0.29, 0.717) is 18.1 Å². The lowest BCUT2D eigenvalue weighted by atomic mass is 9.83. The van der Waals surface area contributed by atoms with Crippen molar-refractivity contribution in [3.63, 3.8) is 0 Å². The van der Waals surface area contributed by atoms with Gasteiger partial charge in [-0.2, -0.15) is 0 Å². The molecule has 1 fully saturated rings. The lowest BCUT2D eigenvalue weighted by Crippen LogP contribution is -2.18. The predicted molar refractivity (Wildman–Crippen MR) is 71.6 cm³/mol. The molecule has 2 nitrogen and oxygen atoms in total. The van der Waals surface area contributed by atoms with E-state index in [9.17, 15) is 4.39 Å². The minimum Gasteiger partial charge on any atom is -0.396 e. The van der Waals surface area contributed by atoms with Crippen LogP contribution in [-0.2, 0) is 11.3 Å². The lowest BCUT2D eigenvalue weighted by molar-refractivity contribution is 0.0643. The SMILES string of the molecule is CC1CCCC(COCc2cccc(N)c2F)C1. The number of benzene rings is 1. The normalized spacial score (nSPS) is 24.1. The molecule has 0 aromatic heterocycles. The van der Waals surface area contributed by atoms with Gasteiger partial charge in [0, 0.05) is 12.2 Å². The zero-order valence-corrected chi connectivity index (χ0v) is 11.0. The van der Waals surface area contributed by atoms with Crippen LogP contribution in [0, 0.1) is 17.7 Å². The fourth-order valence-electron chi connectivity index (χ4n) is 2.76. The van der Waals surface area contributed by atoms with E-state index >= 15 is 0 Å². The third-order valence-corrected chi connectivity index (χ3v) is 3.76. The van der Waals surface area contributed by atoms with E-state index in [1.165, 1.54) is 25.7 Å². The first-order chi connectivity index (χ1) is 8.66. The molecule has 0 saturated heterocycles. The van der Waals surface area contributed by atoms with E-state index in [2.05, 4.69) is 6.92 Å². The van der Waals surface area contributed by atoms with Crippen LogP contribution in [0.25, 0.3) is 0 Å². The van der Waals surface area contributed by atoms with Crippen LogP contribution >= 0.6 is 0 Å². The monoisotopic (exact) mass is 251 g/mol. The summed E-state index contributed by atoms with van der Waals surface area (Å²) in [4.78, 5) is 0. The Bertz CT molecular complexity index is 394. The summed E-state index contributed by atoms with van der Waals surface area (Å²) < 4.78 is 19.3. The molecule has 100 valence electrons. The van der Waals surface area contributed by atoms with Crippen molar-refractivity contribution in [3.8, 4) is 0 Å². The largest absolute Gasteiger partial charge is 0.396 e. The number of rotatable bonds is 4. The van der Waals surface area contributed by atoms with Crippen LogP contribution in [-0.4, -0.2) is 6.61 Å². The van der Waals surface area contributed by atoms with Crippen molar-refractivity contribution in [1.82, 2.24) is 0 Å². The van der Waals surface area contributed by atoms with Gasteiger partial charge >= 0.3 is 0 Å². The van der Waals surface area contributed by atoms with Gasteiger partial charge in [-0.3, -0.25) is 0 Å². The Hall–Kier alpha value is -1.09. The number of nitrogen functional groups attached to an aromatic ring is 1. The summed E-state index contributed by atoms with van der Waals surface area (Å²) >= 11 is 0. The van der Waals surface area contributed by atoms with Crippen molar-refractivity contribution >= 4 is 5.69 Å². The van der Waals surface area contributed by atoms with Crippen LogP contribution in [0.3, 0.4) is 0 Å². The molecule has 0 aliphatic heterocycles. The predicted octanol–water partition coefficient (Wildman–Crippen LogP) is 3.75. The molecule has 2 rings (SSSR count). The van der Waals surface area contributed by atoms with Gasteiger partial charge in [0.2, 0.25) is 0 Å². The van der Waals surface area contributed by atoms with Gasteiger partial charge in [-0.15, -0.1) is 0 Å². The minimum absolute atomic E-state index is 0.197. The zero-order valence-electron chi connectivity index (χ0n) is 11.0. The molecule has 0 bridgehead atoms. The molecule has 0 radical (unpaired) electrons. The highest BCUT2D eigenvalue weighted by molar-refractivity contribution is 5.42. The van der Waals surface area contributed by atoms with Gasteiger partial charge in [0.25, 0.3) is 0 Å². The highest BCUT2D eigenvalue weighted by Gasteiger charge is 2.19. The average molecular weight is 251 g/mol. The second-order valence-corrected chi connectivity index (χ2v) is 5.47. The second-order valence-electron chi connectivity index (χ2n) is 5.47. The molecule has 1 saturated carbocycles. The van der Waals surface area contributed by atoms with Crippen LogP contribution in [0.15, 0.2) is 18.2 Å². The molecule has 1 aliphatic rings. The Morgan fingerprint density at radius 3 is 3.00 bits per heavy atom. The molecule has 0 amide bonds. The highest BCUT2D eigenvalue weighted by Crippen LogP contribution is 2.28. The van der Waals surface area contributed by atoms with Crippen molar-refractivity contribution in [1.29, 1.82) is 0 Å².